The van der Waals surface area contributed by atoms with Gasteiger partial charge in [-0.1, -0.05) is 27.2 Å². The van der Waals surface area contributed by atoms with Gasteiger partial charge in [-0.05, 0) is 40.3 Å². The van der Waals surface area contributed by atoms with Gasteiger partial charge in [-0.15, -0.1) is 0 Å². The number of nitrogens with zero attached hydrogens (tertiary/aromatic N) is 1. The molecule has 0 saturated carbocycles. The Morgan fingerprint density at radius 3 is 2.13 bits per heavy atom. The van der Waals surface area contributed by atoms with Gasteiger partial charge < -0.3 is 5.32 Å². The Hall–Kier alpha value is -0.0800. The monoisotopic (exact) mass is 214 g/mol. The van der Waals surface area contributed by atoms with E-state index in [9.17, 15) is 0 Å². The van der Waals surface area contributed by atoms with Crippen molar-refractivity contribution >= 4 is 0 Å². The first-order valence-electron chi connectivity index (χ1n) is 6.53. The number of hydrogen-bond donors (Lipinski definition) is 1. The van der Waals surface area contributed by atoms with Gasteiger partial charge in [0.25, 0.3) is 0 Å². The van der Waals surface area contributed by atoms with E-state index < -0.39 is 0 Å². The van der Waals surface area contributed by atoms with Gasteiger partial charge in [0, 0.05) is 18.1 Å². The van der Waals surface area contributed by atoms with Gasteiger partial charge in [0.2, 0.25) is 0 Å². The second-order valence-corrected chi connectivity index (χ2v) is 4.62. The maximum absolute atomic E-state index is 3.57. The second kappa shape index (κ2) is 8.12. The van der Waals surface area contributed by atoms with Gasteiger partial charge >= 0.3 is 0 Å². The molecule has 0 fully saturated rings. The van der Waals surface area contributed by atoms with Crippen LogP contribution < -0.4 is 5.32 Å². The van der Waals surface area contributed by atoms with E-state index in [1.807, 2.05) is 0 Å². The number of nitrogens with one attached hydrogen (secondary N) is 1. The van der Waals surface area contributed by atoms with Crippen LogP contribution >= 0.6 is 0 Å². The minimum atomic E-state index is 0.622. The number of likely N-dealkylation sites (N-methyl/N-ethyl adjacent to an activating group) is 2. The van der Waals surface area contributed by atoms with Crippen LogP contribution in [0.25, 0.3) is 0 Å². The molecule has 0 aliphatic heterocycles. The Kier molecular flexibility index (Phi) is 8.07. The number of rotatable bonds is 8. The second-order valence-electron chi connectivity index (χ2n) is 4.62. The Bertz CT molecular complexity index is 147. The summed E-state index contributed by atoms with van der Waals surface area (Å²) in [5.74, 6) is 0. The van der Waals surface area contributed by atoms with Crippen molar-refractivity contribution in [2.75, 3.05) is 13.6 Å². The highest BCUT2D eigenvalue weighted by Crippen LogP contribution is 2.12. The van der Waals surface area contributed by atoms with E-state index in [2.05, 4.69) is 51.9 Å². The van der Waals surface area contributed by atoms with Gasteiger partial charge in [-0.2, -0.15) is 0 Å². The zero-order valence-electron chi connectivity index (χ0n) is 11.5. The molecule has 0 aromatic carbocycles. The van der Waals surface area contributed by atoms with E-state index in [1.165, 1.54) is 19.3 Å². The highest BCUT2D eigenvalue weighted by molar-refractivity contribution is 4.80. The molecule has 2 heteroatoms. The highest BCUT2D eigenvalue weighted by atomic mass is 15.2. The van der Waals surface area contributed by atoms with Gasteiger partial charge in [0.15, 0.2) is 0 Å². The molecule has 3 atom stereocenters. The zero-order chi connectivity index (χ0) is 11.8. The molecule has 3 unspecified atom stereocenters. The van der Waals surface area contributed by atoms with Crippen molar-refractivity contribution in [3.63, 3.8) is 0 Å². The van der Waals surface area contributed by atoms with Gasteiger partial charge in [0.1, 0.15) is 0 Å². The average molecular weight is 214 g/mol. The first-order valence-corrected chi connectivity index (χ1v) is 6.53. The predicted molar refractivity (Wildman–Crippen MR) is 69.4 cm³/mol. The van der Waals surface area contributed by atoms with Crippen LogP contribution in [0.1, 0.15) is 53.9 Å². The zero-order valence-corrected chi connectivity index (χ0v) is 11.5. The molecule has 0 bridgehead atoms. The lowest BCUT2D eigenvalue weighted by Crippen LogP contribution is -2.49. The van der Waals surface area contributed by atoms with Crippen molar-refractivity contribution in [1.82, 2.24) is 10.2 Å². The van der Waals surface area contributed by atoms with Crippen LogP contribution in [-0.2, 0) is 0 Å². The Morgan fingerprint density at radius 1 is 1.13 bits per heavy atom. The lowest BCUT2D eigenvalue weighted by atomic mass is 10.0. The van der Waals surface area contributed by atoms with Crippen LogP contribution in [0, 0.1) is 0 Å². The molecule has 15 heavy (non-hydrogen) atoms. The average Bonchev–Trinajstić information content (AvgIpc) is 2.24. The molecular formula is C13H30N2. The Labute approximate surface area is 96.4 Å². The third-order valence-electron chi connectivity index (χ3n) is 3.53. The first-order chi connectivity index (χ1) is 7.08. The van der Waals surface area contributed by atoms with Gasteiger partial charge in [-0.25, -0.2) is 0 Å². The highest BCUT2D eigenvalue weighted by Gasteiger charge is 2.21. The van der Waals surface area contributed by atoms with Crippen LogP contribution in [0.4, 0.5) is 0 Å². The largest absolute Gasteiger partial charge is 0.313 e. The summed E-state index contributed by atoms with van der Waals surface area (Å²) in [6.45, 7) is 12.4. The summed E-state index contributed by atoms with van der Waals surface area (Å²) in [6, 6.07) is 1.94. The standard InChI is InChI=1S/C13H30N2/c1-7-10-11(4)15(6)12(5)13(8-2)14-9-3/h11-14H,7-10H2,1-6H3. The molecule has 0 aromatic heterocycles. The van der Waals surface area contributed by atoms with E-state index in [1.54, 1.807) is 0 Å². The minimum Gasteiger partial charge on any atom is -0.313 e. The van der Waals surface area contributed by atoms with Crippen molar-refractivity contribution in [3.8, 4) is 0 Å². The summed E-state index contributed by atoms with van der Waals surface area (Å²) in [7, 11) is 2.25. The lowest BCUT2D eigenvalue weighted by molar-refractivity contribution is 0.150. The molecule has 0 saturated heterocycles. The van der Waals surface area contributed by atoms with Crippen LogP contribution in [0.3, 0.4) is 0 Å². The number of hydrogen-bond acceptors (Lipinski definition) is 2. The third kappa shape index (κ3) is 4.98. The summed E-state index contributed by atoms with van der Waals surface area (Å²) in [5.41, 5.74) is 0. The fourth-order valence-corrected chi connectivity index (χ4v) is 2.22. The molecule has 0 aliphatic carbocycles. The van der Waals surface area contributed by atoms with Crippen molar-refractivity contribution in [2.45, 2.75) is 72.0 Å². The Morgan fingerprint density at radius 2 is 1.73 bits per heavy atom. The van der Waals surface area contributed by atoms with E-state index in [0.717, 1.165) is 6.54 Å². The van der Waals surface area contributed by atoms with Gasteiger partial charge in [-0.3, -0.25) is 4.90 Å². The smallest absolute Gasteiger partial charge is 0.0220 e. The lowest BCUT2D eigenvalue weighted by Gasteiger charge is -2.36. The summed E-state index contributed by atoms with van der Waals surface area (Å²) >= 11 is 0. The Balaban J connectivity index is 4.19. The van der Waals surface area contributed by atoms with Crippen LogP contribution in [0.2, 0.25) is 0 Å². The quantitative estimate of drug-likeness (QED) is 0.668. The fourth-order valence-electron chi connectivity index (χ4n) is 2.22. The fraction of sp³-hybridized carbons (Fsp3) is 1.00. The first kappa shape index (κ1) is 14.9. The summed E-state index contributed by atoms with van der Waals surface area (Å²) in [4.78, 5) is 2.51. The van der Waals surface area contributed by atoms with E-state index in [4.69, 9.17) is 0 Å². The summed E-state index contributed by atoms with van der Waals surface area (Å²) in [6.07, 6.45) is 3.78. The van der Waals surface area contributed by atoms with E-state index in [-0.39, 0.29) is 0 Å². The van der Waals surface area contributed by atoms with Crippen molar-refractivity contribution < 1.29 is 0 Å². The van der Waals surface area contributed by atoms with Crippen LogP contribution in [0.5, 0.6) is 0 Å². The molecule has 92 valence electrons. The molecular weight excluding hydrogens is 184 g/mol. The molecule has 0 spiro atoms. The molecule has 2 nitrogen and oxygen atoms in total. The van der Waals surface area contributed by atoms with E-state index in [0.29, 0.717) is 18.1 Å². The topological polar surface area (TPSA) is 15.3 Å². The van der Waals surface area contributed by atoms with Crippen LogP contribution in [0.15, 0.2) is 0 Å². The van der Waals surface area contributed by atoms with Crippen molar-refractivity contribution in [2.24, 2.45) is 0 Å². The maximum atomic E-state index is 3.57. The SMILES string of the molecule is CCCC(C)N(C)C(C)C(CC)NCC. The summed E-state index contributed by atoms with van der Waals surface area (Å²) in [5, 5.41) is 3.57. The molecule has 0 aliphatic rings. The van der Waals surface area contributed by atoms with Crippen molar-refractivity contribution in [3.05, 3.63) is 0 Å². The molecule has 0 amide bonds. The molecule has 0 heterocycles. The molecule has 0 rings (SSSR count). The van der Waals surface area contributed by atoms with Gasteiger partial charge in [0.05, 0.1) is 0 Å². The maximum Gasteiger partial charge on any atom is 0.0220 e. The molecule has 0 aromatic rings. The van der Waals surface area contributed by atoms with E-state index >= 15 is 0 Å². The third-order valence-corrected chi connectivity index (χ3v) is 3.53. The molecule has 0 radical (unpaired) electrons. The summed E-state index contributed by atoms with van der Waals surface area (Å²) < 4.78 is 0. The van der Waals surface area contributed by atoms with Crippen LogP contribution in [-0.4, -0.2) is 36.6 Å². The minimum absolute atomic E-state index is 0.622. The predicted octanol–water partition coefficient (Wildman–Crippen LogP) is 2.88. The van der Waals surface area contributed by atoms with Crippen molar-refractivity contribution in [1.29, 1.82) is 0 Å². The normalized spacial score (nSPS) is 17.8. The molecule has 1 N–H and O–H groups in total.